The van der Waals surface area contributed by atoms with Gasteiger partial charge in [0.2, 0.25) is 5.91 Å². The number of nitrogens with zero attached hydrogens (tertiary/aromatic N) is 2. The van der Waals surface area contributed by atoms with Crippen molar-refractivity contribution in [2.45, 2.75) is 33.9 Å². The van der Waals surface area contributed by atoms with Gasteiger partial charge in [-0.05, 0) is 35.9 Å². The van der Waals surface area contributed by atoms with Crippen molar-refractivity contribution in [1.29, 1.82) is 0 Å². The van der Waals surface area contributed by atoms with E-state index in [9.17, 15) is 9.59 Å². The minimum absolute atomic E-state index is 0.0692. The molecule has 1 aromatic heterocycles. The summed E-state index contributed by atoms with van der Waals surface area (Å²) >= 11 is 6.36. The van der Waals surface area contributed by atoms with Crippen molar-refractivity contribution in [2.75, 3.05) is 12.4 Å². The van der Waals surface area contributed by atoms with Crippen molar-refractivity contribution < 1.29 is 14.3 Å². The van der Waals surface area contributed by atoms with Gasteiger partial charge < -0.3 is 15.4 Å². The predicted octanol–water partition coefficient (Wildman–Crippen LogP) is 5.66. The highest BCUT2D eigenvalue weighted by Crippen LogP contribution is 2.27. The van der Waals surface area contributed by atoms with Crippen LogP contribution in [0.15, 0.2) is 66.9 Å². The number of rotatable bonds is 7. The standard InChI is InChI=1S/C28H29ClN4O3/c1-28(2,3)27(35)30-15-18-12-13-22(29)20(14-18)26(34)32-23-9-7-10-24-21(23)16-31-33(24)17-19-8-5-6-11-25(19)36-4/h5-14,16H,15,17H2,1-4H3,(H,30,35)(H,32,34). The molecule has 0 aliphatic carbocycles. The number of hydrogen-bond donors (Lipinski definition) is 2. The number of fused-ring (bicyclic) bond motifs is 1. The topological polar surface area (TPSA) is 85.2 Å². The maximum atomic E-state index is 13.2. The minimum atomic E-state index is -0.499. The van der Waals surface area contributed by atoms with Gasteiger partial charge in [-0.2, -0.15) is 5.10 Å². The van der Waals surface area contributed by atoms with Crippen molar-refractivity contribution in [2.24, 2.45) is 5.41 Å². The van der Waals surface area contributed by atoms with Crippen molar-refractivity contribution in [3.05, 3.63) is 88.6 Å². The number of hydrogen-bond acceptors (Lipinski definition) is 4. The van der Waals surface area contributed by atoms with E-state index in [1.54, 1.807) is 31.5 Å². The first-order valence-corrected chi connectivity index (χ1v) is 12.0. The van der Waals surface area contributed by atoms with Gasteiger partial charge in [0.15, 0.2) is 0 Å². The molecule has 0 spiro atoms. The van der Waals surface area contributed by atoms with E-state index in [2.05, 4.69) is 15.7 Å². The lowest BCUT2D eigenvalue weighted by Gasteiger charge is -2.18. The molecular weight excluding hydrogens is 476 g/mol. The fourth-order valence-corrected chi connectivity index (χ4v) is 4.03. The highest BCUT2D eigenvalue weighted by atomic mass is 35.5. The van der Waals surface area contributed by atoms with Gasteiger partial charge in [-0.15, -0.1) is 0 Å². The molecule has 4 rings (SSSR count). The predicted molar refractivity (Wildman–Crippen MR) is 143 cm³/mol. The first-order valence-electron chi connectivity index (χ1n) is 11.6. The maximum Gasteiger partial charge on any atom is 0.257 e. The first-order chi connectivity index (χ1) is 17.2. The van der Waals surface area contributed by atoms with E-state index in [0.29, 0.717) is 29.4 Å². The molecule has 0 atom stereocenters. The van der Waals surface area contributed by atoms with Crippen molar-refractivity contribution in [3.63, 3.8) is 0 Å². The Bertz CT molecular complexity index is 1420. The van der Waals surface area contributed by atoms with Crippen LogP contribution in [0.4, 0.5) is 5.69 Å². The van der Waals surface area contributed by atoms with Crippen molar-refractivity contribution in [3.8, 4) is 5.75 Å². The van der Waals surface area contributed by atoms with Crippen LogP contribution >= 0.6 is 11.6 Å². The van der Waals surface area contributed by atoms with Crippen LogP contribution in [0.3, 0.4) is 0 Å². The second-order valence-corrected chi connectivity index (χ2v) is 9.96. The molecule has 0 bridgehead atoms. The molecule has 4 aromatic rings. The van der Waals surface area contributed by atoms with Crippen LogP contribution in [0.25, 0.3) is 10.9 Å². The van der Waals surface area contributed by atoms with Crippen LogP contribution in [0, 0.1) is 5.41 Å². The second kappa shape index (κ2) is 10.4. The summed E-state index contributed by atoms with van der Waals surface area (Å²) in [5.41, 5.74) is 3.13. The van der Waals surface area contributed by atoms with E-state index in [0.717, 1.165) is 27.8 Å². The lowest BCUT2D eigenvalue weighted by Crippen LogP contribution is -2.34. The minimum Gasteiger partial charge on any atom is -0.496 e. The highest BCUT2D eigenvalue weighted by Gasteiger charge is 2.21. The summed E-state index contributed by atoms with van der Waals surface area (Å²) in [6.07, 6.45) is 1.74. The largest absolute Gasteiger partial charge is 0.496 e. The summed E-state index contributed by atoms with van der Waals surface area (Å²) in [5.74, 6) is 0.382. The van der Waals surface area contributed by atoms with Crippen LogP contribution in [0.5, 0.6) is 5.75 Å². The summed E-state index contributed by atoms with van der Waals surface area (Å²) in [5, 5.41) is 11.5. The SMILES string of the molecule is COc1ccccc1Cn1ncc2c(NC(=O)c3cc(CNC(=O)C(C)(C)C)ccc3Cl)cccc21. The number of para-hydroxylation sites is 1. The Morgan fingerprint density at radius 2 is 1.83 bits per heavy atom. The van der Waals surface area contributed by atoms with Crippen LogP contribution in [0.2, 0.25) is 5.02 Å². The van der Waals surface area contributed by atoms with Gasteiger partial charge in [0.1, 0.15) is 5.75 Å². The van der Waals surface area contributed by atoms with Gasteiger partial charge in [0, 0.05) is 22.9 Å². The Labute approximate surface area is 215 Å². The number of anilines is 1. The third kappa shape index (κ3) is 5.52. The van der Waals surface area contributed by atoms with Gasteiger partial charge in [-0.3, -0.25) is 14.3 Å². The highest BCUT2D eigenvalue weighted by molar-refractivity contribution is 6.34. The molecule has 8 heteroatoms. The van der Waals surface area contributed by atoms with Gasteiger partial charge >= 0.3 is 0 Å². The molecule has 1 heterocycles. The zero-order valence-electron chi connectivity index (χ0n) is 20.8. The average Bonchev–Trinajstić information content (AvgIpc) is 3.26. The van der Waals surface area contributed by atoms with Crippen molar-refractivity contribution >= 4 is 40.0 Å². The molecule has 0 radical (unpaired) electrons. The molecule has 2 amide bonds. The Kier molecular flexibility index (Phi) is 7.31. The molecule has 7 nitrogen and oxygen atoms in total. The maximum absolute atomic E-state index is 13.2. The third-order valence-electron chi connectivity index (χ3n) is 5.86. The molecule has 0 fully saturated rings. The first kappa shape index (κ1) is 25.3. The average molecular weight is 505 g/mol. The number of halogens is 1. The van der Waals surface area contributed by atoms with Crippen LogP contribution in [-0.2, 0) is 17.9 Å². The third-order valence-corrected chi connectivity index (χ3v) is 6.19. The molecule has 2 N–H and O–H groups in total. The molecule has 0 aliphatic rings. The number of benzene rings is 3. The van der Waals surface area contributed by atoms with E-state index >= 15 is 0 Å². The number of carbonyl (C=O) groups excluding carboxylic acids is 2. The molecule has 0 saturated heterocycles. The summed E-state index contributed by atoms with van der Waals surface area (Å²) in [6.45, 7) is 6.38. The fraction of sp³-hybridized carbons (Fsp3) is 0.250. The Balaban J connectivity index is 1.55. The van der Waals surface area contributed by atoms with E-state index in [1.165, 1.54) is 0 Å². The smallest absolute Gasteiger partial charge is 0.257 e. The summed E-state index contributed by atoms with van der Waals surface area (Å²) in [4.78, 5) is 25.4. The quantitative estimate of drug-likeness (QED) is 0.340. The number of carbonyl (C=O) groups is 2. The molecule has 0 saturated carbocycles. The van der Waals surface area contributed by atoms with Crippen molar-refractivity contribution in [1.82, 2.24) is 15.1 Å². The summed E-state index contributed by atoms with van der Waals surface area (Å²) in [6, 6.07) is 18.6. The normalized spacial score (nSPS) is 11.4. The molecule has 36 heavy (non-hydrogen) atoms. The molecular formula is C28H29ClN4O3. The lowest BCUT2D eigenvalue weighted by molar-refractivity contribution is -0.128. The summed E-state index contributed by atoms with van der Waals surface area (Å²) < 4.78 is 7.33. The second-order valence-electron chi connectivity index (χ2n) is 9.55. The number of ether oxygens (including phenoxy) is 1. The Morgan fingerprint density at radius 3 is 2.58 bits per heavy atom. The monoisotopic (exact) mass is 504 g/mol. The Morgan fingerprint density at radius 1 is 1.06 bits per heavy atom. The number of aromatic nitrogens is 2. The van der Waals surface area contributed by atoms with Crippen LogP contribution in [-0.4, -0.2) is 28.7 Å². The number of amides is 2. The van der Waals surface area contributed by atoms with Crippen LogP contribution in [0.1, 0.15) is 42.3 Å². The molecule has 0 unspecified atom stereocenters. The van der Waals surface area contributed by atoms with E-state index in [-0.39, 0.29) is 11.8 Å². The van der Waals surface area contributed by atoms with E-state index < -0.39 is 5.41 Å². The number of methoxy groups -OCH3 is 1. The van der Waals surface area contributed by atoms with Gasteiger partial charge in [0.05, 0.1) is 41.6 Å². The number of nitrogens with one attached hydrogen (secondary N) is 2. The lowest BCUT2D eigenvalue weighted by atomic mass is 9.95. The molecule has 3 aromatic carbocycles. The van der Waals surface area contributed by atoms with Gasteiger partial charge in [-0.1, -0.05) is 62.7 Å². The summed E-state index contributed by atoms with van der Waals surface area (Å²) in [7, 11) is 1.65. The van der Waals surface area contributed by atoms with Gasteiger partial charge in [0.25, 0.3) is 5.91 Å². The Hall–Kier alpha value is -3.84. The van der Waals surface area contributed by atoms with E-state index in [1.807, 2.05) is 67.9 Å². The zero-order chi connectivity index (χ0) is 25.9. The fourth-order valence-electron chi connectivity index (χ4n) is 3.83. The molecule has 0 aliphatic heterocycles. The molecule has 186 valence electrons. The van der Waals surface area contributed by atoms with E-state index in [4.69, 9.17) is 16.3 Å². The van der Waals surface area contributed by atoms with Crippen LogP contribution < -0.4 is 15.4 Å². The zero-order valence-corrected chi connectivity index (χ0v) is 21.5. The van der Waals surface area contributed by atoms with Gasteiger partial charge in [-0.25, -0.2) is 0 Å².